The summed E-state index contributed by atoms with van der Waals surface area (Å²) in [6, 6.07) is 62.0. The van der Waals surface area contributed by atoms with Crippen molar-refractivity contribution >= 4 is 71.3 Å². The third-order valence-corrected chi connectivity index (χ3v) is 9.80. The summed E-state index contributed by atoms with van der Waals surface area (Å²) in [5.41, 5.74) is 9.87. The molecule has 0 atom stereocenters. The number of pyridine rings is 3. The van der Waals surface area contributed by atoms with E-state index in [1.54, 1.807) is 0 Å². The van der Waals surface area contributed by atoms with Crippen molar-refractivity contribution < 1.29 is 0 Å². The molecular formula is C47H30N4. The Morgan fingerprint density at radius 3 is 1.86 bits per heavy atom. The Labute approximate surface area is 294 Å². The van der Waals surface area contributed by atoms with Gasteiger partial charge in [0.2, 0.25) is 0 Å². The van der Waals surface area contributed by atoms with E-state index < -0.39 is 0 Å². The minimum atomic E-state index is 0.897. The van der Waals surface area contributed by atoms with Crippen molar-refractivity contribution in [2.45, 2.75) is 0 Å². The molecule has 0 amide bonds. The molecule has 3 aromatic heterocycles. The Hall–Kier alpha value is -6.91. The summed E-state index contributed by atoms with van der Waals surface area (Å²) < 4.78 is 0. The van der Waals surface area contributed by atoms with Gasteiger partial charge in [-0.1, -0.05) is 121 Å². The molecule has 0 radical (unpaired) electrons. The van der Waals surface area contributed by atoms with Gasteiger partial charge in [0, 0.05) is 55.6 Å². The Morgan fingerprint density at radius 1 is 0.412 bits per heavy atom. The average Bonchev–Trinajstić information content (AvgIpc) is 3.21. The number of fused-ring (bicyclic) bond motifs is 8. The van der Waals surface area contributed by atoms with Crippen molar-refractivity contribution in [3.63, 3.8) is 0 Å². The van der Waals surface area contributed by atoms with E-state index in [2.05, 4.69) is 175 Å². The highest BCUT2D eigenvalue weighted by molar-refractivity contribution is 6.27. The quantitative estimate of drug-likeness (QED) is 0.174. The van der Waals surface area contributed by atoms with Crippen LogP contribution in [0.5, 0.6) is 0 Å². The molecule has 0 aliphatic carbocycles. The van der Waals surface area contributed by atoms with Gasteiger partial charge in [-0.2, -0.15) is 0 Å². The van der Waals surface area contributed by atoms with Gasteiger partial charge in [-0.25, -0.2) is 9.97 Å². The topological polar surface area (TPSA) is 41.9 Å². The van der Waals surface area contributed by atoms with Crippen molar-refractivity contribution in [1.82, 2.24) is 15.0 Å². The molecule has 7 aromatic carbocycles. The summed E-state index contributed by atoms with van der Waals surface area (Å²) in [6.07, 6.45) is 1.84. The second-order valence-electron chi connectivity index (χ2n) is 12.8. The predicted molar refractivity (Wildman–Crippen MR) is 213 cm³/mol. The molecule has 0 aliphatic rings. The maximum Gasteiger partial charge on any atom is 0.0972 e. The first-order valence-corrected chi connectivity index (χ1v) is 17.2. The van der Waals surface area contributed by atoms with Gasteiger partial charge in [0.1, 0.15) is 0 Å². The first-order valence-electron chi connectivity index (χ1n) is 17.2. The molecule has 0 saturated heterocycles. The summed E-state index contributed by atoms with van der Waals surface area (Å²) in [6.45, 7) is 0. The molecular weight excluding hydrogens is 621 g/mol. The van der Waals surface area contributed by atoms with Crippen LogP contribution in [0.2, 0.25) is 0 Å². The number of rotatable bonds is 5. The zero-order chi connectivity index (χ0) is 33.7. The molecule has 0 unspecified atom stereocenters. The van der Waals surface area contributed by atoms with Gasteiger partial charge in [0.15, 0.2) is 0 Å². The first kappa shape index (κ1) is 29.0. The number of hydrogen-bond donors (Lipinski definition) is 0. The van der Waals surface area contributed by atoms with Gasteiger partial charge in [-0.05, 0) is 65.4 Å². The van der Waals surface area contributed by atoms with Crippen LogP contribution in [0, 0.1) is 0 Å². The van der Waals surface area contributed by atoms with E-state index in [4.69, 9.17) is 15.0 Å². The predicted octanol–water partition coefficient (Wildman–Crippen LogP) is 12.4. The van der Waals surface area contributed by atoms with Crippen LogP contribution in [0.1, 0.15) is 0 Å². The summed E-state index contributed by atoms with van der Waals surface area (Å²) in [5.74, 6) is 0. The molecule has 4 nitrogen and oxygen atoms in total. The Bertz CT molecular complexity index is 2870. The van der Waals surface area contributed by atoms with E-state index in [-0.39, 0.29) is 0 Å². The molecule has 3 heterocycles. The first-order chi connectivity index (χ1) is 25.3. The normalized spacial score (nSPS) is 11.5. The molecule has 10 rings (SSSR count). The second kappa shape index (κ2) is 11.9. The lowest BCUT2D eigenvalue weighted by Gasteiger charge is -2.28. The van der Waals surface area contributed by atoms with Crippen molar-refractivity contribution in [3.05, 3.63) is 182 Å². The van der Waals surface area contributed by atoms with Gasteiger partial charge in [0.25, 0.3) is 0 Å². The Morgan fingerprint density at radius 2 is 1.06 bits per heavy atom. The molecule has 4 heteroatoms. The standard InChI is InChI=1S/C47H30N4/c1-3-17-36(18-4-1)51(37-19-5-2-6-20-37)42-30-33-13-7-8-21-38(33)43-39-22-9-10-23-41(39)50-45(44(42)43)35-15-11-14-34(29-35)40-27-26-32-25-24-31-16-12-28-48-46(31)47(32)49-40/h1-30H. The highest BCUT2D eigenvalue weighted by atomic mass is 15.1. The smallest absolute Gasteiger partial charge is 0.0972 e. The van der Waals surface area contributed by atoms with Gasteiger partial charge < -0.3 is 4.90 Å². The highest BCUT2D eigenvalue weighted by Gasteiger charge is 2.23. The van der Waals surface area contributed by atoms with Crippen LogP contribution in [-0.4, -0.2) is 15.0 Å². The summed E-state index contributed by atoms with van der Waals surface area (Å²) >= 11 is 0. The van der Waals surface area contributed by atoms with Crippen LogP contribution < -0.4 is 4.90 Å². The van der Waals surface area contributed by atoms with E-state index in [9.17, 15) is 0 Å². The minimum Gasteiger partial charge on any atom is -0.310 e. The van der Waals surface area contributed by atoms with Crippen molar-refractivity contribution in [2.24, 2.45) is 0 Å². The number of nitrogens with zero attached hydrogens (tertiary/aromatic N) is 4. The van der Waals surface area contributed by atoms with Crippen molar-refractivity contribution in [3.8, 4) is 22.5 Å². The zero-order valence-corrected chi connectivity index (χ0v) is 27.6. The molecule has 0 spiro atoms. The molecule has 51 heavy (non-hydrogen) atoms. The van der Waals surface area contributed by atoms with Crippen LogP contribution in [0.4, 0.5) is 17.1 Å². The minimum absolute atomic E-state index is 0.897. The maximum absolute atomic E-state index is 5.48. The van der Waals surface area contributed by atoms with E-state index >= 15 is 0 Å². The molecule has 238 valence electrons. The van der Waals surface area contributed by atoms with Crippen LogP contribution in [0.15, 0.2) is 182 Å². The lowest BCUT2D eigenvalue weighted by Crippen LogP contribution is -2.11. The van der Waals surface area contributed by atoms with Gasteiger partial charge in [-0.3, -0.25) is 4.98 Å². The lowest BCUT2D eigenvalue weighted by molar-refractivity contribution is 1.30. The number of para-hydroxylation sites is 3. The van der Waals surface area contributed by atoms with Gasteiger partial charge in [-0.15, -0.1) is 0 Å². The third-order valence-electron chi connectivity index (χ3n) is 9.80. The SMILES string of the molecule is c1ccc(N(c2ccccc2)c2cc3ccccc3c3c2c(-c2cccc(-c4ccc5ccc6cccnc6c5n4)c2)nc2ccccc23)cc1. The second-order valence-corrected chi connectivity index (χ2v) is 12.8. The lowest BCUT2D eigenvalue weighted by atomic mass is 9.92. The van der Waals surface area contributed by atoms with Crippen molar-refractivity contribution in [1.29, 1.82) is 0 Å². The molecule has 0 aliphatic heterocycles. The van der Waals surface area contributed by atoms with E-state index in [0.29, 0.717) is 0 Å². The fraction of sp³-hybridized carbons (Fsp3) is 0. The third kappa shape index (κ3) is 4.88. The van der Waals surface area contributed by atoms with E-state index in [1.165, 1.54) is 16.2 Å². The van der Waals surface area contributed by atoms with E-state index in [1.807, 2.05) is 12.3 Å². The summed E-state index contributed by atoms with van der Waals surface area (Å²) in [7, 11) is 0. The summed E-state index contributed by atoms with van der Waals surface area (Å²) in [4.78, 5) is 17.7. The van der Waals surface area contributed by atoms with Crippen molar-refractivity contribution in [2.75, 3.05) is 4.90 Å². The van der Waals surface area contributed by atoms with Crippen LogP contribution >= 0.6 is 0 Å². The molecule has 0 N–H and O–H groups in total. The Balaban J connectivity index is 1.29. The number of aromatic nitrogens is 3. The Kier molecular flexibility index (Phi) is 6.78. The largest absolute Gasteiger partial charge is 0.310 e. The van der Waals surface area contributed by atoms with Crippen LogP contribution in [0.25, 0.3) is 76.8 Å². The zero-order valence-electron chi connectivity index (χ0n) is 27.6. The fourth-order valence-corrected chi connectivity index (χ4v) is 7.49. The van der Waals surface area contributed by atoms with Gasteiger partial charge in [0.05, 0.1) is 33.6 Å². The molecule has 0 saturated carbocycles. The van der Waals surface area contributed by atoms with Crippen LogP contribution in [0.3, 0.4) is 0 Å². The molecule has 0 fully saturated rings. The van der Waals surface area contributed by atoms with E-state index in [0.717, 1.165) is 77.7 Å². The summed E-state index contributed by atoms with van der Waals surface area (Å²) in [5, 5.41) is 7.93. The van der Waals surface area contributed by atoms with Crippen LogP contribution in [-0.2, 0) is 0 Å². The maximum atomic E-state index is 5.48. The average molecular weight is 651 g/mol. The number of anilines is 3. The number of benzene rings is 7. The monoisotopic (exact) mass is 650 g/mol. The molecule has 10 aromatic rings. The van der Waals surface area contributed by atoms with Gasteiger partial charge >= 0.3 is 0 Å². The highest BCUT2D eigenvalue weighted by Crippen LogP contribution is 2.47. The molecule has 0 bridgehead atoms. The number of hydrogen-bond acceptors (Lipinski definition) is 4. The fourth-order valence-electron chi connectivity index (χ4n) is 7.49.